The standard InChI is InChI=1S/C16H26N2O2/c1-12(18-15(19)10-17-5)11-20-14-8-6-13(7-9-14)16(2,3)4/h6-9,12,17H,10-11H2,1-5H3,(H,18,19). The fourth-order valence-electron chi connectivity index (χ4n) is 1.80. The number of hydrogen-bond donors (Lipinski definition) is 2. The van der Waals surface area contributed by atoms with Crippen molar-refractivity contribution in [2.24, 2.45) is 0 Å². The smallest absolute Gasteiger partial charge is 0.234 e. The Hall–Kier alpha value is -1.55. The molecule has 1 aromatic carbocycles. The van der Waals surface area contributed by atoms with Gasteiger partial charge in [0.25, 0.3) is 0 Å². The summed E-state index contributed by atoms with van der Waals surface area (Å²) in [5.74, 6) is 0.805. The second-order valence-electron chi connectivity index (χ2n) is 6.08. The first kappa shape index (κ1) is 16.5. The van der Waals surface area contributed by atoms with E-state index in [4.69, 9.17) is 4.74 Å². The molecule has 0 spiro atoms. The van der Waals surface area contributed by atoms with Gasteiger partial charge in [0.1, 0.15) is 12.4 Å². The molecule has 0 radical (unpaired) electrons. The summed E-state index contributed by atoms with van der Waals surface area (Å²) < 4.78 is 5.68. The van der Waals surface area contributed by atoms with Gasteiger partial charge >= 0.3 is 0 Å². The van der Waals surface area contributed by atoms with Crippen LogP contribution >= 0.6 is 0 Å². The van der Waals surface area contributed by atoms with Crippen LogP contribution in [0.4, 0.5) is 0 Å². The van der Waals surface area contributed by atoms with Gasteiger partial charge in [-0.05, 0) is 37.1 Å². The maximum absolute atomic E-state index is 11.4. The number of benzene rings is 1. The van der Waals surface area contributed by atoms with E-state index in [-0.39, 0.29) is 17.4 Å². The average Bonchev–Trinajstić information content (AvgIpc) is 2.36. The van der Waals surface area contributed by atoms with Gasteiger partial charge in [-0.1, -0.05) is 32.9 Å². The fourth-order valence-corrected chi connectivity index (χ4v) is 1.80. The van der Waals surface area contributed by atoms with E-state index in [1.165, 1.54) is 5.56 Å². The molecule has 0 saturated carbocycles. The Kier molecular flexibility index (Phi) is 6.02. The lowest BCUT2D eigenvalue weighted by atomic mass is 9.87. The first-order valence-electron chi connectivity index (χ1n) is 7.00. The molecule has 0 heterocycles. The first-order chi connectivity index (χ1) is 9.32. The number of carbonyl (C=O) groups excluding carboxylic acids is 1. The van der Waals surface area contributed by atoms with Crippen molar-refractivity contribution >= 4 is 5.91 Å². The summed E-state index contributed by atoms with van der Waals surface area (Å²) in [6, 6.07) is 8.10. The van der Waals surface area contributed by atoms with Crippen LogP contribution in [-0.2, 0) is 10.2 Å². The van der Waals surface area contributed by atoms with Gasteiger partial charge in [0, 0.05) is 0 Å². The summed E-state index contributed by atoms with van der Waals surface area (Å²) in [6.07, 6.45) is 0. The summed E-state index contributed by atoms with van der Waals surface area (Å²) >= 11 is 0. The van der Waals surface area contributed by atoms with E-state index >= 15 is 0 Å². The van der Waals surface area contributed by atoms with Gasteiger partial charge in [0.05, 0.1) is 12.6 Å². The molecule has 0 bridgehead atoms. The molecule has 112 valence electrons. The van der Waals surface area contributed by atoms with Gasteiger partial charge in [-0.3, -0.25) is 4.79 Å². The van der Waals surface area contributed by atoms with Crippen LogP contribution in [0.25, 0.3) is 0 Å². The number of likely N-dealkylation sites (N-methyl/N-ethyl adjacent to an activating group) is 1. The minimum atomic E-state index is -0.0216. The predicted molar refractivity (Wildman–Crippen MR) is 82.2 cm³/mol. The molecule has 2 N–H and O–H groups in total. The van der Waals surface area contributed by atoms with E-state index in [9.17, 15) is 4.79 Å². The quantitative estimate of drug-likeness (QED) is 0.837. The van der Waals surface area contributed by atoms with Crippen LogP contribution in [0, 0.1) is 0 Å². The number of rotatable bonds is 6. The molecule has 4 nitrogen and oxygen atoms in total. The molecule has 4 heteroatoms. The second-order valence-corrected chi connectivity index (χ2v) is 6.08. The van der Waals surface area contributed by atoms with E-state index in [2.05, 4.69) is 43.5 Å². The Balaban J connectivity index is 2.44. The maximum atomic E-state index is 11.4. The van der Waals surface area contributed by atoms with Gasteiger partial charge in [0.2, 0.25) is 5.91 Å². The topological polar surface area (TPSA) is 50.4 Å². The molecule has 0 saturated heterocycles. The Morgan fingerprint density at radius 2 is 1.85 bits per heavy atom. The summed E-state index contributed by atoms with van der Waals surface area (Å²) in [4.78, 5) is 11.4. The Morgan fingerprint density at radius 1 is 1.25 bits per heavy atom. The van der Waals surface area contributed by atoms with E-state index in [0.717, 1.165) is 5.75 Å². The van der Waals surface area contributed by atoms with Crippen LogP contribution in [0.1, 0.15) is 33.3 Å². The number of carbonyl (C=O) groups is 1. The molecule has 0 aliphatic carbocycles. The summed E-state index contributed by atoms with van der Waals surface area (Å²) in [6.45, 7) is 9.26. The number of nitrogens with one attached hydrogen (secondary N) is 2. The normalized spacial score (nSPS) is 12.8. The number of amides is 1. The molecule has 0 aromatic heterocycles. The van der Waals surface area contributed by atoms with Crippen molar-refractivity contribution in [1.82, 2.24) is 10.6 Å². The molecule has 20 heavy (non-hydrogen) atoms. The monoisotopic (exact) mass is 278 g/mol. The van der Waals surface area contributed by atoms with Crippen LogP contribution in [0.2, 0.25) is 0 Å². The van der Waals surface area contributed by atoms with Crippen molar-refractivity contribution in [2.45, 2.75) is 39.2 Å². The van der Waals surface area contributed by atoms with E-state index in [0.29, 0.717) is 13.2 Å². The molecule has 1 rings (SSSR count). The third-order valence-electron chi connectivity index (χ3n) is 2.97. The summed E-state index contributed by atoms with van der Waals surface area (Å²) in [5, 5.41) is 5.67. The van der Waals surface area contributed by atoms with Crippen LogP contribution in [0.15, 0.2) is 24.3 Å². The lowest BCUT2D eigenvalue weighted by molar-refractivity contribution is -0.120. The van der Waals surface area contributed by atoms with Gasteiger partial charge in [0.15, 0.2) is 0 Å². The van der Waals surface area contributed by atoms with Crippen molar-refractivity contribution in [3.63, 3.8) is 0 Å². The van der Waals surface area contributed by atoms with Gasteiger partial charge < -0.3 is 15.4 Å². The van der Waals surface area contributed by atoms with Crippen molar-refractivity contribution in [1.29, 1.82) is 0 Å². The molecular weight excluding hydrogens is 252 g/mol. The predicted octanol–water partition coefficient (Wildman–Crippen LogP) is 2.09. The van der Waals surface area contributed by atoms with Gasteiger partial charge in [-0.2, -0.15) is 0 Å². The molecule has 0 aliphatic rings. The highest BCUT2D eigenvalue weighted by atomic mass is 16.5. The molecule has 0 fully saturated rings. The second kappa shape index (κ2) is 7.29. The van der Waals surface area contributed by atoms with Crippen molar-refractivity contribution < 1.29 is 9.53 Å². The van der Waals surface area contributed by atoms with Gasteiger partial charge in [-0.15, -0.1) is 0 Å². The van der Waals surface area contributed by atoms with Crippen molar-refractivity contribution in [3.8, 4) is 5.75 Å². The zero-order chi connectivity index (χ0) is 15.2. The SMILES string of the molecule is CNCC(=O)NC(C)COc1ccc(C(C)(C)C)cc1. The van der Waals surface area contributed by atoms with E-state index < -0.39 is 0 Å². The maximum Gasteiger partial charge on any atom is 0.234 e. The van der Waals surface area contributed by atoms with Crippen LogP contribution < -0.4 is 15.4 Å². The van der Waals surface area contributed by atoms with Crippen LogP contribution in [-0.4, -0.2) is 32.1 Å². The van der Waals surface area contributed by atoms with Crippen molar-refractivity contribution in [2.75, 3.05) is 20.2 Å². The number of hydrogen-bond acceptors (Lipinski definition) is 3. The summed E-state index contributed by atoms with van der Waals surface area (Å²) in [7, 11) is 1.75. The van der Waals surface area contributed by atoms with Crippen LogP contribution in [0.3, 0.4) is 0 Å². The minimum Gasteiger partial charge on any atom is -0.491 e. The Labute approximate surface area is 121 Å². The van der Waals surface area contributed by atoms with Gasteiger partial charge in [-0.25, -0.2) is 0 Å². The zero-order valence-electron chi connectivity index (χ0n) is 13.1. The zero-order valence-corrected chi connectivity index (χ0v) is 13.1. The van der Waals surface area contributed by atoms with E-state index in [1.807, 2.05) is 19.1 Å². The van der Waals surface area contributed by atoms with Crippen molar-refractivity contribution in [3.05, 3.63) is 29.8 Å². The number of ether oxygens (including phenoxy) is 1. The Bertz CT molecular complexity index is 421. The highest BCUT2D eigenvalue weighted by Gasteiger charge is 2.13. The lowest BCUT2D eigenvalue weighted by Crippen LogP contribution is -2.40. The highest BCUT2D eigenvalue weighted by molar-refractivity contribution is 5.78. The average molecular weight is 278 g/mol. The molecule has 0 aliphatic heterocycles. The molecule has 1 amide bonds. The first-order valence-corrected chi connectivity index (χ1v) is 7.00. The Morgan fingerprint density at radius 3 is 2.35 bits per heavy atom. The summed E-state index contributed by atoms with van der Waals surface area (Å²) in [5.41, 5.74) is 1.42. The molecule has 1 atom stereocenters. The molecular formula is C16H26N2O2. The van der Waals surface area contributed by atoms with E-state index in [1.54, 1.807) is 7.05 Å². The minimum absolute atomic E-state index is 0.0156. The fraction of sp³-hybridized carbons (Fsp3) is 0.562. The third kappa shape index (κ3) is 5.61. The molecule has 1 aromatic rings. The largest absolute Gasteiger partial charge is 0.491 e. The highest BCUT2D eigenvalue weighted by Crippen LogP contribution is 2.24. The third-order valence-corrected chi connectivity index (χ3v) is 2.97. The molecule has 1 unspecified atom stereocenters. The lowest BCUT2D eigenvalue weighted by Gasteiger charge is -2.20. The van der Waals surface area contributed by atoms with Crippen LogP contribution in [0.5, 0.6) is 5.75 Å².